The molecule has 3 heterocycles. The van der Waals surface area contributed by atoms with Gasteiger partial charge >= 0.3 is 0 Å². The lowest BCUT2D eigenvalue weighted by Crippen LogP contribution is -2.49. The zero-order valence-corrected chi connectivity index (χ0v) is 16.8. The largest absolute Gasteiger partial charge is 0.354 e. The van der Waals surface area contributed by atoms with Crippen LogP contribution in [0.25, 0.3) is 0 Å². The molecule has 0 spiro atoms. The highest BCUT2D eigenvalue weighted by Gasteiger charge is 2.47. The van der Waals surface area contributed by atoms with Crippen LogP contribution < -0.4 is 10.2 Å². The number of amides is 3. The molecular formula is C23H21N5O3. The molecule has 1 atom stereocenters. The standard InChI is InChI=1S/C23H21N5O3/c29-20(24-12-15-26-13-5-11-25-26)10-14-27-21-16-6-1-2-7-17(16)23(31)28(21)19-9-4-3-8-18(19)22(27)30/h1-9,11,13,21H,10,12,14-15H2,(H,24,29)/t21-/m0/s1. The summed E-state index contributed by atoms with van der Waals surface area (Å²) < 4.78 is 1.74. The predicted molar refractivity (Wildman–Crippen MR) is 113 cm³/mol. The van der Waals surface area contributed by atoms with Crippen LogP contribution in [0.4, 0.5) is 5.69 Å². The maximum atomic E-state index is 13.3. The molecule has 0 unspecified atom stereocenters. The first-order chi connectivity index (χ1) is 15.1. The minimum atomic E-state index is -0.539. The average Bonchev–Trinajstić information content (AvgIpc) is 3.41. The Hall–Kier alpha value is -3.94. The van der Waals surface area contributed by atoms with Crippen molar-refractivity contribution in [1.29, 1.82) is 0 Å². The molecule has 0 bridgehead atoms. The Kier molecular flexibility index (Phi) is 4.74. The molecule has 5 rings (SSSR count). The molecule has 8 nitrogen and oxygen atoms in total. The third-order valence-electron chi connectivity index (χ3n) is 5.68. The number of aromatic nitrogens is 2. The van der Waals surface area contributed by atoms with Gasteiger partial charge in [0.25, 0.3) is 11.8 Å². The van der Waals surface area contributed by atoms with Gasteiger partial charge in [0.1, 0.15) is 6.17 Å². The van der Waals surface area contributed by atoms with Crippen LogP contribution in [0.1, 0.15) is 38.9 Å². The number of fused-ring (bicyclic) bond motifs is 5. The van der Waals surface area contributed by atoms with Gasteiger partial charge in [-0.15, -0.1) is 0 Å². The number of anilines is 1. The van der Waals surface area contributed by atoms with E-state index in [-0.39, 0.29) is 30.7 Å². The van der Waals surface area contributed by atoms with Crippen LogP contribution in [0.3, 0.4) is 0 Å². The summed E-state index contributed by atoms with van der Waals surface area (Å²) in [6, 6.07) is 16.3. The summed E-state index contributed by atoms with van der Waals surface area (Å²) in [5.74, 6) is -0.456. The number of rotatable bonds is 6. The molecule has 3 aromatic rings. The second-order valence-electron chi connectivity index (χ2n) is 7.52. The topological polar surface area (TPSA) is 87.5 Å². The van der Waals surface area contributed by atoms with Crippen LogP contribution in [-0.2, 0) is 11.3 Å². The lowest BCUT2D eigenvalue weighted by Gasteiger charge is -2.40. The molecule has 0 saturated heterocycles. The molecule has 2 aliphatic rings. The number of nitrogens with one attached hydrogen (secondary N) is 1. The van der Waals surface area contributed by atoms with Crippen molar-refractivity contribution in [3.8, 4) is 0 Å². The molecule has 0 saturated carbocycles. The van der Waals surface area contributed by atoms with Crippen molar-refractivity contribution >= 4 is 23.4 Å². The molecule has 1 N–H and O–H groups in total. The highest BCUT2D eigenvalue weighted by molar-refractivity contribution is 6.16. The first-order valence-electron chi connectivity index (χ1n) is 10.2. The summed E-state index contributed by atoms with van der Waals surface area (Å²) in [6.45, 7) is 1.24. The van der Waals surface area contributed by atoms with Gasteiger partial charge < -0.3 is 10.2 Å². The molecule has 8 heteroatoms. The molecule has 1 aromatic heterocycles. The van der Waals surface area contributed by atoms with E-state index in [4.69, 9.17) is 0 Å². The first-order valence-corrected chi connectivity index (χ1v) is 10.2. The zero-order chi connectivity index (χ0) is 21.4. The second-order valence-corrected chi connectivity index (χ2v) is 7.52. The van der Waals surface area contributed by atoms with E-state index < -0.39 is 6.17 Å². The fourth-order valence-electron chi connectivity index (χ4n) is 4.25. The van der Waals surface area contributed by atoms with Crippen molar-refractivity contribution < 1.29 is 14.4 Å². The van der Waals surface area contributed by atoms with Gasteiger partial charge in [0.15, 0.2) is 0 Å². The van der Waals surface area contributed by atoms with Gasteiger partial charge in [-0.2, -0.15) is 5.10 Å². The number of para-hydroxylation sites is 1. The van der Waals surface area contributed by atoms with Gasteiger partial charge in [-0.25, -0.2) is 0 Å². The van der Waals surface area contributed by atoms with Crippen molar-refractivity contribution in [2.75, 3.05) is 18.0 Å². The molecule has 3 amide bonds. The molecule has 0 aliphatic carbocycles. The third-order valence-corrected chi connectivity index (χ3v) is 5.68. The summed E-state index contributed by atoms with van der Waals surface area (Å²) in [5.41, 5.74) is 2.46. The normalized spacial score (nSPS) is 16.7. The van der Waals surface area contributed by atoms with E-state index in [1.165, 1.54) is 0 Å². The Morgan fingerprint density at radius 1 is 0.935 bits per heavy atom. The van der Waals surface area contributed by atoms with E-state index in [9.17, 15) is 14.4 Å². The van der Waals surface area contributed by atoms with Gasteiger partial charge in [-0.3, -0.25) is 24.0 Å². The molecule has 2 aliphatic heterocycles. The average molecular weight is 415 g/mol. The van der Waals surface area contributed by atoms with Gasteiger partial charge in [0.2, 0.25) is 5.91 Å². The Bertz CT molecular complexity index is 1160. The molecule has 156 valence electrons. The van der Waals surface area contributed by atoms with E-state index in [0.29, 0.717) is 29.9 Å². The highest BCUT2D eigenvalue weighted by Crippen LogP contribution is 2.45. The summed E-state index contributed by atoms with van der Waals surface area (Å²) in [6.07, 6.45) is 3.13. The van der Waals surface area contributed by atoms with Crippen molar-refractivity contribution in [3.63, 3.8) is 0 Å². The van der Waals surface area contributed by atoms with E-state index in [2.05, 4.69) is 10.4 Å². The van der Waals surface area contributed by atoms with Gasteiger partial charge in [-0.05, 0) is 24.3 Å². The number of nitrogens with zero attached hydrogens (tertiary/aromatic N) is 4. The lowest BCUT2D eigenvalue weighted by molar-refractivity contribution is -0.121. The number of benzene rings is 2. The number of carbonyl (C=O) groups is 3. The molecule has 31 heavy (non-hydrogen) atoms. The van der Waals surface area contributed by atoms with Crippen LogP contribution in [-0.4, -0.2) is 45.5 Å². The van der Waals surface area contributed by atoms with Crippen molar-refractivity contribution in [1.82, 2.24) is 20.0 Å². The van der Waals surface area contributed by atoms with E-state index in [1.54, 1.807) is 44.9 Å². The Balaban J connectivity index is 1.36. The quantitative estimate of drug-likeness (QED) is 0.669. The maximum Gasteiger partial charge on any atom is 0.260 e. The number of hydrogen-bond acceptors (Lipinski definition) is 4. The summed E-state index contributed by atoms with van der Waals surface area (Å²) in [5, 5.41) is 6.97. The monoisotopic (exact) mass is 415 g/mol. The molecular weight excluding hydrogens is 394 g/mol. The molecule has 0 radical (unpaired) electrons. The third kappa shape index (κ3) is 3.26. The molecule has 2 aromatic carbocycles. The smallest absolute Gasteiger partial charge is 0.260 e. The van der Waals surface area contributed by atoms with Gasteiger partial charge in [-0.1, -0.05) is 30.3 Å². The lowest BCUT2D eigenvalue weighted by atomic mass is 10.0. The maximum absolute atomic E-state index is 13.3. The van der Waals surface area contributed by atoms with Crippen LogP contribution in [0.15, 0.2) is 67.0 Å². The van der Waals surface area contributed by atoms with E-state index in [0.717, 1.165) is 5.56 Å². The second kappa shape index (κ2) is 7.71. The van der Waals surface area contributed by atoms with E-state index >= 15 is 0 Å². The summed E-state index contributed by atoms with van der Waals surface area (Å²) in [4.78, 5) is 42.1. The summed E-state index contributed by atoms with van der Waals surface area (Å²) in [7, 11) is 0. The number of hydrogen-bond donors (Lipinski definition) is 1. The minimum Gasteiger partial charge on any atom is -0.354 e. The molecule has 0 fully saturated rings. The Morgan fingerprint density at radius 2 is 1.71 bits per heavy atom. The SMILES string of the molecule is O=C(CCN1C(=O)c2ccccc2N2C(=O)c3ccccc3[C@@H]12)NCCn1cccn1. The van der Waals surface area contributed by atoms with Gasteiger partial charge in [0, 0.05) is 43.0 Å². The van der Waals surface area contributed by atoms with Crippen molar-refractivity contribution in [2.24, 2.45) is 0 Å². The van der Waals surface area contributed by atoms with E-state index in [1.807, 2.05) is 36.5 Å². The van der Waals surface area contributed by atoms with Crippen LogP contribution >= 0.6 is 0 Å². The van der Waals surface area contributed by atoms with Gasteiger partial charge in [0.05, 0.1) is 17.8 Å². The summed E-state index contributed by atoms with van der Waals surface area (Å²) >= 11 is 0. The van der Waals surface area contributed by atoms with Crippen LogP contribution in [0.5, 0.6) is 0 Å². The first kappa shape index (κ1) is 19.0. The van der Waals surface area contributed by atoms with Crippen molar-refractivity contribution in [3.05, 3.63) is 83.7 Å². The highest BCUT2D eigenvalue weighted by atomic mass is 16.2. The Morgan fingerprint density at radius 3 is 2.52 bits per heavy atom. The number of carbonyl (C=O) groups excluding carboxylic acids is 3. The fraction of sp³-hybridized carbons (Fsp3) is 0.217. The predicted octanol–water partition coefficient (Wildman–Crippen LogP) is 2.20. The van der Waals surface area contributed by atoms with Crippen molar-refractivity contribution in [2.45, 2.75) is 19.1 Å². The minimum absolute atomic E-state index is 0.130. The van der Waals surface area contributed by atoms with Crippen LogP contribution in [0.2, 0.25) is 0 Å². The zero-order valence-electron chi connectivity index (χ0n) is 16.8. The Labute approximate surface area is 179 Å². The van der Waals surface area contributed by atoms with Crippen LogP contribution in [0, 0.1) is 0 Å². The fourth-order valence-corrected chi connectivity index (χ4v) is 4.25.